The molecule has 2 fully saturated rings. The Balaban J connectivity index is 1.58. The molecule has 186 valence electrons. The average molecular weight is 512 g/mol. The van der Waals surface area contributed by atoms with Gasteiger partial charge in [0, 0.05) is 18.1 Å². The van der Waals surface area contributed by atoms with Crippen LogP contribution < -0.4 is 4.72 Å². The average Bonchev–Trinajstić information content (AvgIpc) is 3.28. The Kier molecular flexibility index (Phi) is 5.95. The van der Waals surface area contributed by atoms with E-state index in [4.69, 9.17) is 0 Å². The third-order valence-electron chi connectivity index (χ3n) is 7.62. The van der Waals surface area contributed by atoms with Crippen molar-refractivity contribution >= 4 is 31.6 Å². The molecule has 2 aliphatic carbocycles. The highest BCUT2D eigenvalue weighted by atomic mass is 32.2. The largest absolute Gasteiger partial charge is 0.387 e. The molecule has 4 unspecified atom stereocenters. The van der Waals surface area contributed by atoms with E-state index >= 15 is 0 Å². The van der Waals surface area contributed by atoms with Crippen LogP contribution in [-0.2, 0) is 31.5 Å². The molecule has 1 heterocycles. The lowest BCUT2D eigenvalue weighted by atomic mass is 9.70. The third-order valence-corrected chi connectivity index (χ3v) is 9.09. The molecule has 2 bridgehead atoms. The Morgan fingerprint density at radius 3 is 2.44 bits per heavy atom. The first-order valence-corrected chi connectivity index (χ1v) is 14.4. The van der Waals surface area contributed by atoms with Gasteiger partial charge in [0.1, 0.15) is 5.82 Å². The number of rotatable bonds is 8. The Morgan fingerprint density at radius 1 is 1.21 bits per heavy atom. The van der Waals surface area contributed by atoms with Gasteiger partial charge in [-0.05, 0) is 41.9 Å². The lowest BCUT2D eigenvalue weighted by Crippen LogP contribution is -2.42. The number of ketones is 1. The van der Waals surface area contributed by atoms with Gasteiger partial charge in [-0.15, -0.1) is 0 Å². The number of hydrogen-bond acceptors (Lipinski definition) is 7. The lowest BCUT2D eigenvalue weighted by Gasteiger charge is -2.35. The second kappa shape index (κ2) is 8.14. The van der Waals surface area contributed by atoms with E-state index in [2.05, 4.69) is 9.71 Å². The van der Waals surface area contributed by atoms with Crippen LogP contribution in [0.5, 0.6) is 0 Å². The quantitative estimate of drug-likeness (QED) is 0.454. The van der Waals surface area contributed by atoms with Gasteiger partial charge in [-0.1, -0.05) is 26.0 Å². The van der Waals surface area contributed by atoms with Crippen LogP contribution in [0, 0.1) is 16.7 Å². The highest BCUT2D eigenvalue weighted by Gasteiger charge is 2.70. The van der Waals surface area contributed by atoms with Crippen molar-refractivity contribution in [2.45, 2.75) is 45.3 Å². The van der Waals surface area contributed by atoms with Gasteiger partial charge in [0.2, 0.25) is 10.0 Å². The van der Waals surface area contributed by atoms with Gasteiger partial charge in [0.15, 0.2) is 5.78 Å². The van der Waals surface area contributed by atoms with Gasteiger partial charge in [0.25, 0.3) is 10.1 Å². The molecule has 0 amide bonds. The summed E-state index contributed by atoms with van der Waals surface area (Å²) >= 11 is 0. The maximum atomic E-state index is 13.6. The van der Waals surface area contributed by atoms with E-state index in [1.165, 1.54) is 0 Å². The number of Topliss-reactive ketones (excluding diaryl/α,β-unsaturated/α-hetero) is 1. The second-order valence-electron chi connectivity index (χ2n) is 9.97. The number of nitrogens with one attached hydrogen (secondary N) is 1. The summed E-state index contributed by atoms with van der Waals surface area (Å²) in [6.45, 7) is 3.86. The fraction of sp³-hybridized carbons (Fsp3) is 0.545. The fourth-order valence-corrected chi connectivity index (χ4v) is 7.76. The van der Waals surface area contributed by atoms with E-state index in [0.717, 1.165) is 6.26 Å². The molecule has 0 spiro atoms. The number of anilines is 1. The zero-order valence-corrected chi connectivity index (χ0v) is 20.8. The summed E-state index contributed by atoms with van der Waals surface area (Å²) in [5, 5.41) is 10.8. The van der Waals surface area contributed by atoms with Crippen molar-refractivity contribution in [3.63, 3.8) is 0 Å². The molecule has 2 saturated carbocycles. The normalized spacial score (nSPS) is 27.1. The highest BCUT2D eigenvalue weighted by Crippen LogP contribution is 2.68. The van der Waals surface area contributed by atoms with Crippen molar-refractivity contribution in [2.24, 2.45) is 16.7 Å². The minimum Gasteiger partial charge on any atom is -0.387 e. The Labute approximate surface area is 199 Å². The predicted molar refractivity (Wildman–Crippen MR) is 125 cm³/mol. The molecule has 4 rings (SSSR count). The van der Waals surface area contributed by atoms with E-state index in [0.29, 0.717) is 29.9 Å². The van der Waals surface area contributed by atoms with Crippen LogP contribution in [-0.4, -0.2) is 53.8 Å². The van der Waals surface area contributed by atoms with Crippen molar-refractivity contribution in [3.05, 3.63) is 48.0 Å². The van der Waals surface area contributed by atoms with Crippen molar-refractivity contribution in [1.29, 1.82) is 0 Å². The smallest absolute Gasteiger partial charge is 0.265 e. The maximum absolute atomic E-state index is 13.6. The van der Waals surface area contributed by atoms with Gasteiger partial charge in [-0.2, -0.15) is 8.42 Å². The Hall–Kier alpha value is -2.28. The summed E-state index contributed by atoms with van der Waals surface area (Å²) in [4.78, 5) is 18.0. The molecule has 0 radical (unpaired) electrons. The molecule has 2 aliphatic rings. The fourth-order valence-electron chi connectivity index (χ4n) is 5.92. The second-order valence-corrected chi connectivity index (χ2v) is 13.2. The number of aliphatic hydroxyl groups is 1. The van der Waals surface area contributed by atoms with Crippen LogP contribution in [0.15, 0.2) is 36.7 Å². The van der Waals surface area contributed by atoms with Gasteiger partial charge in [-0.25, -0.2) is 13.4 Å². The maximum Gasteiger partial charge on any atom is 0.265 e. The number of aliphatic hydroxyl groups excluding tert-OH is 1. The van der Waals surface area contributed by atoms with Crippen LogP contribution in [0.2, 0.25) is 0 Å². The summed E-state index contributed by atoms with van der Waals surface area (Å²) in [6, 6.07) is 6.33. The summed E-state index contributed by atoms with van der Waals surface area (Å²) in [5.74, 6) is -1.13. The molecular formula is C22H29N3O7S2. The summed E-state index contributed by atoms with van der Waals surface area (Å²) in [6.07, 6.45) is 4.35. The molecule has 0 aliphatic heterocycles. The predicted octanol–water partition coefficient (Wildman–Crippen LogP) is 1.96. The SMILES string of the molecule is CC1(C)C2CCC1(CS(=O)(=O)O)C(=O)C2c1nccn1CC(O)c1ccc(NS(C)(=O)=O)cc1. The van der Waals surface area contributed by atoms with E-state index in [-0.39, 0.29) is 18.2 Å². The molecule has 0 saturated heterocycles. The Bertz CT molecular complexity index is 1320. The highest BCUT2D eigenvalue weighted by molar-refractivity contribution is 7.92. The van der Waals surface area contributed by atoms with Gasteiger partial charge >= 0.3 is 0 Å². The summed E-state index contributed by atoms with van der Waals surface area (Å²) < 4.78 is 59.9. The van der Waals surface area contributed by atoms with Crippen molar-refractivity contribution in [1.82, 2.24) is 9.55 Å². The number of hydrogen-bond donors (Lipinski definition) is 3. The lowest BCUT2D eigenvalue weighted by molar-refractivity contribution is -0.129. The van der Waals surface area contributed by atoms with Crippen LogP contribution >= 0.6 is 0 Å². The molecule has 34 heavy (non-hydrogen) atoms. The molecule has 2 aromatic rings. The number of imidazole rings is 1. The standard InChI is InChI=1S/C22H29N3O7S2/c1-21(2)16-8-9-22(21,13-34(30,31)32)19(27)18(16)20-23-10-11-25(20)12-17(26)14-4-6-15(7-5-14)24-33(3,28)29/h4-7,10-11,16-18,24,26H,8-9,12-13H2,1-3H3,(H,30,31,32). The molecule has 3 N–H and O–H groups in total. The van der Waals surface area contributed by atoms with Crippen LogP contribution in [0.3, 0.4) is 0 Å². The molecule has 4 atom stereocenters. The van der Waals surface area contributed by atoms with E-state index in [9.17, 15) is 31.3 Å². The number of carbonyl (C=O) groups excluding carboxylic acids is 1. The number of sulfonamides is 1. The van der Waals surface area contributed by atoms with E-state index in [1.807, 2.05) is 13.8 Å². The first kappa shape index (κ1) is 24.8. The molecule has 1 aromatic carbocycles. The Morgan fingerprint density at radius 2 is 1.85 bits per heavy atom. The zero-order chi connectivity index (χ0) is 25.1. The first-order chi connectivity index (χ1) is 15.6. The van der Waals surface area contributed by atoms with Crippen LogP contribution in [0.25, 0.3) is 0 Å². The van der Waals surface area contributed by atoms with Crippen LogP contribution in [0.1, 0.15) is 50.1 Å². The van der Waals surface area contributed by atoms with Crippen molar-refractivity contribution in [2.75, 3.05) is 16.7 Å². The van der Waals surface area contributed by atoms with Crippen molar-refractivity contribution in [3.8, 4) is 0 Å². The number of fused-ring (bicyclic) bond motifs is 2. The number of carbonyl (C=O) groups is 1. The van der Waals surface area contributed by atoms with Gasteiger partial charge in [-0.3, -0.25) is 14.1 Å². The molecule has 10 nitrogen and oxygen atoms in total. The summed E-state index contributed by atoms with van der Waals surface area (Å²) in [7, 11) is -7.77. The van der Waals surface area contributed by atoms with Gasteiger partial charge in [0.05, 0.1) is 36.0 Å². The minimum atomic E-state index is -4.36. The molecule has 1 aromatic heterocycles. The molecule has 12 heteroatoms. The summed E-state index contributed by atoms with van der Waals surface area (Å²) in [5.41, 5.74) is -0.877. The third kappa shape index (κ3) is 4.28. The number of aromatic nitrogens is 2. The van der Waals surface area contributed by atoms with E-state index in [1.54, 1.807) is 41.2 Å². The monoisotopic (exact) mass is 511 g/mol. The van der Waals surface area contributed by atoms with Gasteiger partial charge < -0.3 is 9.67 Å². The first-order valence-electron chi connectivity index (χ1n) is 10.9. The van der Waals surface area contributed by atoms with E-state index < -0.39 is 48.7 Å². The number of nitrogens with zero attached hydrogens (tertiary/aromatic N) is 2. The van der Waals surface area contributed by atoms with Crippen LogP contribution in [0.4, 0.5) is 5.69 Å². The number of benzene rings is 1. The molecular weight excluding hydrogens is 482 g/mol. The zero-order valence-electron chi connectivity index (χ0n) is 19.2. The minimum absolute atomic E-state index is 0.108. The topological polar surface area (TPSA) is 156 Å². The van der Waals surface area contributed by atoms with Crippen molar-refractivity contribution < 1.29 is 31.3 Å².